The molecule has 2 rings (SSSR count). The summed E-state index contributed by atoms with van der Waals surface area (Å²) in [5, 5.41) is 3.25. The van der Waals surface area contributed by atoms with Crippen LogP contribution >= 0.6 is 15.9 Å². The van der Waals surface area contributed by atoms with E-state index in [1.807, 2.05) is 12.1 Å². The summed E-state index contributed by atoms with van der Waals surface area (Å²) in [6.07, 6.45) is 2.65. The number of nitrogens with one attached hydrogen (secondary N) is 1. The van der Waals surface area contributed by atoms with Crippen molar-refractivity contribution in [2.24, 2.45) is 0 Å². The van der Waals surface area contributed by atoms with Crippen molar-refractivity contribution in [1.82, 2.24) is 9.97 Å². The van der Waals surface area contributed by atoms with Gasteiger partial charge in [-0.25, -0.2) is 9.97 Å². The zero-order valence-corrected chi connectivity index (χ0v) is 12.5. The molecule has 102 valence electrons. The number of ether oxygens (including phenoxy) is 1. The third-order valence-corrected chi connectivity index (χ3v) is 3.08. The molecule has 0 radical (unpaired) electrons. The van der Waals surface area contributed by atoms with E-state index in [-0.39, 0.29) is 0 Å². The molecule has 1 N–H and O–H groups in total. The molecular formula is C13H16BrN3O2. The van der Waals surface area contributed by atoms with Gasteiger partial charge in [0.25, 0.3) is 0 Å². The van der Waals surface area contributed by atoms with E-state index in [0.29, 0.717) is 18.2 Å². The summed E-state index contributed by atoms with van der Waals surface area (Å²) in [5.41, 5.74) is 0.734. The summed E-state index contributed by atoms with van der Waals surface area (Å²) in [7, 11) is 1.62. The molecule has 6 heteroatoms. The average molecular weight is 326 g/mol. The van der Waals surface area contributed by atoms with Gasteiger partial charge in [0.15, 0.2) is 11.6 Å². The van der Waals surface area contributed by atoms with Gasteiger partial charge < -0.3 is 14.5 Å². The topological polar surface area (TPSA) is 60.2 Å². The van der Waals surface area contributed by atoms with Gasteiger partial charge in [0.1, 0.15) is 18.1 Å². The molecular weight excluding hydrogens is 310 g/mol. The third-order valence-electron chi connectivity index (χ3n) is 2.45. The van der Waals surface area contributed by atoms with Crippen molar-refractivity contribution in [3.05, 3.63) is 28.7 Å². The number of nitrogens with zero attached hydrogens (tertiary/aromatic N) is 2. The fourth-order valence-corrected chi connectivity index (χ4v) is 2.03. The minimum Gasteiger partial charge on any atom is -0.461 e. The Bertz CT molecular complexity index is 542. The van der Waals surface area contributed by atoms with Crippen molar-refractivity contribution in [3.8, 4) is 11.5 Å². The van der Waals surface area contributed by atoms with E-state index in [1.54, 1.807) is 13.4 Å². The Labute approximate surface area is 120 Å². The van der Waals surface area contributed by atoms with Crippen molar-refractivity contribution in [2.45, 2.75) is 20.0 Å². The molecule has 0 spiro atoms. The van der Waals surface area contributed by atoms with Crippen LogP contribution in [0.2, 0.25) is 0 Å². The number of methoxy groups -OCH3 is 1. The maximum absolute atomic E-state index is 5.44. The molecule has 2 heterocycles. The smallest absolute Gasteiger partial charge is 0.166 e. The molecule has 0 bridgehead atoms. The molecule has 0 unspecified atom stereocenters. The standard InChI is InChI=1S/C13H16BrN3O2/c1-3-5-15-11-7-10(13-9(14)4-6-19-13)16-12(17-11)8-18-2/h4,6-7H,3,5,8H2,1-2H3,(H,15,16,17). The molecule has 5 nitrogen and oxygen atoms in total. The van der Waals surface area contributed by atoms with Crippen LogP contribution in [0.4, 0.5) is 5.82 Å². The van der Waals surface area contributed by atoms with Crippen LogP contribution in [0.5, 0.6) is 0 Å². The highest BCUT2D eigenvalue weighted by atomic mass is 79.9. The summed E-state index contributed by atoms with van der Waals surface area (Å²) < 4.78 is 11.4. The Morgan fingerprint density at radius 1 is 1.42 bits per heavy atom. The molecule has 0 fully saturated rings. The molecule has 19 heavy (non-hydrogen) atoms. The van der Waals surface area contributed by atoms with E-state index >= 15 is 0 Å². The Balaban J connectivity index is 2.36. The lowest BCUT2D eigenvalue weighted by molar-refractivity contribution is 0.178. The molecule has 0 aromatic carbocycles. The molecule has 0 saturated heterocycles. The molecule has 2 aromatic rings. The van der Waals surface area contributed by atoms with Crippen LogP contribution < -0.4 is 5.32 Å². The van der Waals surface area contributed by atoms with Crippen LogP contribution in [0.3, 0.4) is 0 Å². The molecule has 0 aliphatic heterocycles. The Morgan fingerprint density at radius 3 is 2.89 bits per heavy atom. The SMILES string of the molecule is CCCNc1cc(-c2occc2Br)nc(COC)n1. The van der Waals surface area contributed by atoms with Gasteiger partial charge in [0.2, 0.25) is 0 Å². The van der Waals surface area contributed by atoms with Crippen LogP contribution in [0.1, 0.15) is 19.2 Å². The molecule has 0 atom stereocenters. The van der Waals surface area contributed by atoms with E-state index in [9.17, 15) is 0 Å². The molecule has 2 aromatic heterocycles. The number of rotatable bonds is 6. The predicted molar refractivity (Wildman–Crippen MR) is 76.9 cm³/mol. The first-order valence-corrected chi connectivity index (χ1v) is 6.88. The van der Waals surface area contributed by atoms with E-state index in [2.05, 4.69) is 38.1 Å². The van der Waals surface area contributed by atoms with Crippen LogP contribution in [-0.2, 0) is 11.3 Å². The van der Waals surface area contributed by atoms with Crippen LogP contribution in [0.25, 0.3) is 11.5 Å². The Kier molecular flexibility index (Phi) is 4.93. The first-order chi connectivity index (χ1) is 9.24. The van der Waals surface area contributed by atoms with Crippen LogP contribution in [-0.4, -0.2) is 23.6 Å². The third kappa shape index (κ3) is 3.54. The summed E-state index contributed by atoms with van der Waals surface area (Å²) in [6, 6.07) is 3.71. The number of hydrogen-bond acceptors (Lipinski definition) is 5. The van der Waals surface area contributed by atoms with Gasteiger partial charge in [-0.15, -0.1) is 0 Å². The second-order valence-electron chi connectivity index (χ2n) is 4.01. The maximum Gasteiger partial charge on any atom is 0.166 e. The lowest BCUT2D eigenvalue weighted by Gasteiger charge is -2.08. The molecule has 0 aliphatic rings. The van der Waals surface area contributed by atoms with Gasteiger partial charge in [-0.1, -0.05) is 6.92 Å². The van der Waals surface area contributed by atoms with E-state index in [4.69, 9.17) is 9.15 Å². The molecule has 0 amide bonds. The van der Waals surface area contributed by atoms with E-state index in [0.717, 1.165) is 29.0 Å². The first kappa shape index (κ1) is 14.0. The average Bonchev–Trinajstić information content (AvgIpc) is 2.83. The largest absolute Gasteiger partial charge is 0.461 e. The highest BCUT2D eigenvalue weighted by Gasteiger charge is 2.12. The fourth-order valence-electron chi connectivity index (χ4n) is 1.63. The fraction of sp³-hybridized carbons (Fsp3) is 0.385. The van der Waals surface area contributed by atoms with Crippen molar-refractivity contribution >= 4 is 21.7 Å². The minimum absolute atomic E-state index is 0.368. The van der Waals surface area contributed by atoms with E-state index in [1.165, 1.54) is 0 Å². The number of halogens is 1. The number of anilines is 1. The first-order valence-electron chi connectivity index (χ1n) is 6.08. The zero-order valence-electron chi connectivity index (χ0n) is 10.9. The number of furan rings is 1. The van der Waals surface area contributed by atoms with Gasteiger partial charge in [0.05, 0.1) is 10.7 Å². The van der Waals surface area contributed by atoms with Gasteiger partial charge in [0, 0.05) is 19.7 Å². The predicted octanol–water partition coefficient (Wildman–Crippen LogP) is 3.47. The minimum atomic E-state index is 0.368. The van der Waals surface area contributed by atoms with Gasteiger partial charge in [-0.05, 0) is 28.4 Å². The summed E-state index contributed by atoms with van der Waals surface area (Å²) >= 11 is 3.44. The molecule has 0 aliphatic carbocycles. The van der Waals surface area contributed by atoms with Crippen molar-refractivity contribution in [3.63, 3.8) is 0 Å². The number of aromatic nitrogens is 2. The summed E-state index contributed by atoms with van der Waals surface area (Å²) in [4.78, 5) is 8.83. The van der Waals surface area contributed by atoms with E-state index < -0.39 is 0 Å². The van der Waals surface area contributed by atoms with Crippen molar-refractivity contribution in [2.75, 3.05) is 19.0 Å². The second-order valence-corrected chi connectivity index (χ2v) is 4.87. The quantitative estimate of drug-likeness (QED) is 0.881. The summed E-state index contributed by atoms with van der Waals surface area (Å²) in [6.45, 7) is 3.34. The number of hydrogen-bond donors (Lipinski definition) is 1. The highest BCUT2D eigenvalue weighted by molar-refractivity contribution is 9.10. The maximum atomic E-state index is 5.44. The Hall–Kier alpha value is -1.40. The van der Waals surface area contributed by atoms with Crippen LogP contribution in [0.15, 0.2) is 27.3 Å². The lowest BCUT2D eigenvalue weighted by Crippen LogP contribution is -2.06. The van der Waals surface area contributed by atoms with Gasteiger partial charge >= 0.3 is 0 Å². The van der Waals surface area contributed by atoms with Gasteiger partial charge in [-0.2, -0.15) is 0 Å². The van der Waals surface area contributed by atoms with Crippen molar-refractivity contribution < 1.29 is 9.15 Å². The zero-order chi connectivity index (χ0) is 13.7. The Morgan fingerprint density at radius 2 is 2.26 bits per heavy atom. The lowest BCUT2D eigenvalue weighted by atomic mass is 10.3. The normalized spacial score (nSPS) is 10.7. The van der Waals surface area contributed by atoms with Crippen molar-refractivity contribution in [1.29, 1.82) is 0 Å². The molecule has 0 saturated carbocycles. The second kappa shape index (κ2) is 6.68. The summed E-state index contributed by atoms with van der Waals surface area (Å²) in [5.74, 6) is 2.10. The van der Waals surface area contributed by atoms with Crippen LogP contribution in [0, 0.1) is 0 Å². The highest BCUT2D eigenvalue weighted by Crippen LogP contribution is 2.29. The monoisotopic (exact) mass is 325 g/mol. The van der Waals surface area contributed by atoms with Gasteiger partial charge in [-0.3, -0.25) is 0 Å².